The number of carboxylic acid groups (broad SMARTS) is 1. The Bertz CT molecular complexity index is 766. The monoisotopic (exact) mass is 452 g/mol. The van der Waals surface area contributed by atoms with E-state index in [0.29, 0.717) is 38.8 Å². The van der Waals surface area contributed by atoms with Crippen molar-refractivity contribution in [2.45, 2.75) is 80.9 Å². The molecule has 2 unspecified atom stereocenters. The first-order chi connectivity index (χ1) is 14.4. The third-order valence-corrected chi connectivity index (χ3v) is 9.21. The van der Waals surface area contributed by atoms with Crippen molar-refractivity contribution < 1.29 is 24.6 Å². The van der Waals surface area contributed by atoms with E-state index in [1.165, 1.54) is 0 Å². The Labute approximate surface area is 189 Å². The highest BCUT2D eigenvalue weighted by Crippen LogP contribution is 2.71. The lowest BCUT2D eigenvalue weighted by Gasteiger charge is -2.42. The Hall–Kier alpha value is -1.54. The molecule has 31 heavy (non-hydrogen) atoms. The number of thioether (sulfide) groups is 1. The molecule has 3 aliphatic rings. The Morgan fingerprint density at radius 2 is 1.97 bits per heavy atom. The second kappa shape index (κ2) is 8.43. The molecule has 0 aromatic rings. The van der Waals surface area contributed by atoms with Crippen LogP contribution in [0.25, 0.3) is 0 Å². The Balaban J connectivity index is 2.03. The van der Waals surface area contributed by atoms with Crippen molar-refractivity contribution in [2.24, 2.45) is 11.8 Å². The first kappa shape index (κ1) is 24.1. The fourth-order valence-electron chi connectivity index (χ4n) is 5.86. The van der Waals surface area contributed by atoms with E-state index < -0.39 is 38.9 Å². The number of hydrogen-bond acceptors (Lipinski definition) is 5. The number of amides is 2. The first-order valence-electron chi connectivity index (χ1n) is 11.2. The number of carbonyl (C=O) groups is 3. The molecule has 1 spiro atoms. The summed E-state index contributed by atoms with van der Waals surface area (Å²) >= 11 is 1.57. The second-order valence-corrected chi connectivity index (χ2v) is 12.2. The van der Waals surface area contributed by atoms with Crippen LogP contribution in [0, 0.1) is 11.8 Å². The van der Waals surface area contributed by atoms with Gasteiger partial charge >= 0.3 is 5.97 Å². The number of nitrogens with zero attached hydrogens (tertiary/aromatic N) is 2. The molecule has 8 heteroatoms. The van der Waals surface area contributed by atoms with Gasteiger partial charge in [0.1, 0.15) is 6.04 Å². The van der Waals surface area contributed by atoms with E-state index in [0.717, 1.165) is 6.42 Å². The average Bonchev–Trinajstić information content (AvgIpc) is 3.23. The summed E-state index contributed by atoms with van der Waals surface area (Å²) < 4.78 is -1.23. The molecular formula is C23H36N2O5S. The molecule has 7 nitrogen and oxygen atoms in total. The Morgan fingerprint density at radius 3 is 2.52 bits per heavy atom. The smallest absolute Gasteiger partial charge is 0.308 e. The van der Waals surface area contributed by atoms with E-state index in [9.17, 15) is 19.5 Å². The molecule has 0 saturated carbocycles. The summed E-state index contributed by atoms with van der Waals surface area (Å²) in [6.45, 7) is 12.5. The van der Waals surface area contributed by atoms with E-state index in [2.05, 4.69) is 6.58 Å². The van der Waals surface area contributed by atoms with Crippen molar-refractivity contribution in [3.05, 3.63) is 12.7 Å². The summed E-state index contributed by atoms with van der Waals surface area (Å²) in [4.78, 5) is 43.3. The van der Waals surface area contributed by atoms with Crippen LogP contribution in [0.2, 0.25) is 0 Å². The van der Waals surface area contributed by atoms with Crippen molar-refractivity contribution in [2.75, 3.05) is 19.7 Å². The summed E-state index contributed by atoms with van der Waals surface area (Å²) in [6.07, 6.45) is 5.13. The maximum absolute atomic E-state index is 14.0. The van der Waals surface area contributed by atoms with Gasteiger partial charge in [0, 0.05) is 30.0 Å². The summed E-state index contributed by atoms with van der Waals surface area (Å²) in [5.74, 6) is -2.71. The van der Waals surface area contributed by atoms with Crippen LogP contribution in [0.1, 0.15) is 59.8 Å². The molecule has 0 aliphatic carbocycles. The van der Waals surface area contributed by atoms with Crippen LogP contribution in [-0.2, 0) is 14.4 Å². The molecule has 174 valence electrons. The van der Waals surface area contributed by atoms with Gasteiger partial charge in [-0.3, -0.25) is 14.4 Å². The van der Waals surface area contributed by atoms with Gasteiger partial charge in [-0.05, 0) is 59.8 Å². The van der Waals surface area contributed by atoms with Crippen molar-refractivity contribution in [1.29, 1.82) is 0 Å². The molecule has 0 aromatic heterocycles. The van der Waals surface area contributed by atoms with E-state index >= 15 is 0 Å². The molecule has 3 heterocycles. The molecule has 3 fully saturated rings. The largest absolute Gasteiger partial charge is 0.481 e. The van der Waals surface area contributed by atoms with Crippen molar-refractivity contribution in [3.63, 3.8) is 0 Å². The minimum absolute atomic E-state index is 0.0926. The molecule has 5 atom stereocenters. The lowest BCUT2D eigenvalue weighted by atomic mass is 9.66. The first-order valence-corrected chi connectivity index (χ1v) is 12.0. The number of aliphatic hydroxyl groups excluding tert-OH is 1. The minimum atomic E-state index is -0.943. The lowest BCUT2D eigenvalue weighted by Crippen LogP contribution is -2.58. The van der Waals surface area contributed by atoms with Crippen LogP contribution in [0.3, 0.4) is 0 Å². The van der Waals surface area contributed by atoms with Gasteiger partial charge in [-0.1, -0.05) is 6.08 Å². The number of likely N-dealkylation sites (tertiary alicyclic amines) is 1. The van der Waals surface area contributed by atoms with E-state index in [-0.39, 0.29) is 18.4 Å². The summed E-state index contributed by atoms with van der Waals surface area (Å²) in [5, 5.41) is 19.1. The van der Waals surface area contributed by atoms with Crippen molar-refractivity contribution in [1.82, 2.24) is 9.80 Å². The van der Waals surface area contributed by atoms with Crippen molar-refractivity contribution >= 4 is 29.5 Å². The lowest BCUT2D eigenvalue weighted by molar-refractivity contribution is -0.150. The van der Waals surface area contributed by atoms with E-state index in [4.69, 9.17) is 5.11 Å². The quantitative estimate of drug-likeness (QED) is 0.412. The number of unbranched alkanes of at least 4 members (excludes halogenated alkanes) is 2. The number of hydrogen-bond donors (Lipinski definition) is 2. The van der Waals surface area contributed by atoms with Crippen molar-refractivity contribution in [3.8, 4) is 0 Å². The van der Waals surface area contributed by atoms with Gasteiger partial charge in [0.2, 0.25) is 11.8 Å². The van der Waals surface area contributed by atoms with E-state index in [1.54, 1.807) is 27.6 Å². The molecule has 3 rings (SSSR count). The van der Waals surface area contributed by atoms with Gasteiger partial charge in [-0.15, -0.1) is 18.3 Å². The predicted octanol–water partition coefficient (Wildman–Crippen LogP) is 2.53. The van der Waals surface area contributed by atoms with Gasteiger partial charge in [0.15, 0.2) is 0 Å². The van der Waals surface area contributed by atoms with Gasteiger partial charge in [-0.25, -0.2) is 0 Å². The van der Waals surface area contributed by atoms with Crippen LogP contribution in [0.15, 0.2) is 12.7 Å². The maximum atomic E-state index is 14.0. The van der Waals surface area contributed by atoms with Crippen LogP contribution in [0.4, 0.5) is 0 Å². The number of rotatable bonds is 9. The zero-order chi connectivity index (χ0) is 23.2. The Kier molecular flexibility index (Phi) is 6.55. The third kappa shape index (κ3) is 3.80. The number of carboxylic acids is 1. The van der Waals surface area contributed by atoms with Gasteiger partial charge in [0.05, 0.1) is 16.6 Å². The molecule has 2 bridgehead atoms. The highest BCUT2D eigenvalue weighted by atomic mass is 32.2. The van der Waals surface area contributed by atoms with Gasteiger partial charge < -0.3 is 20.0 Å². The zero-order valence-electron chi connectivity index (χ0n) is 19.1. The summed E-state index contributed by atoms with van der Waals surface area (Å²) in [7, 11) is 0. The molecule has 0 radical (unpaired) electrons. The maximum Gasteiger partial charge on any atom is 0.308 e. The van der Waals surface area contributed by atoms with Crippen LogP contribution in [0.5, 0.6) is 0 Å². The highest BCUT2D eigenvalue weighted by molar-refractivity contribution is 8.02. The van der Waals surface area contributed by atoms with Crippen LogP contribution >= 0.6 is 11.8 Å². The van der Waals surface area contributed by atoms with Gasteiger partial charge in [0.25, 0.3) is 0 Å². The second-order valence-electron chi connectivity index (χ2n) is 10.3. The molecular weight excluding hydrogens is 416 g/mol. The standard InChI is InChI=1S/C23H36N2O5S/c1-6-12-25(21(2,3)4)19(28)17-23-11-10-22(5,31-23)16(20(29)30)15(23)18(27)24(17)13-8-7-9-14-26/h6,15-17,26H,1,7-14H2,2-5H3,(H,29,30)/t15-,16-,17?,22+,23?/m0/s1. The van der Waals surface area contributed by atoms with Crippen LogP contribution in [-0.4, -0.2) is 78.6 Å². The minimum Gasteiger partial charge on any atom is -0.481 e. The summed E-state index contributed by atoms with van der Waals surface area (Å²) in [5.41, 5.74) is -0.455. The third-order valence-electron chi connectivity index (χ3n) is 7.22. The number of carbonyl (C=O) groups excluding carboxylic acids is 2. The topological polar surface area (TPSA) is 98.2 Å². The molecule has 0 aromatic carbocycles. The van der Waals surface area contributed by atoms with Crippen LogP contribution < -0.4 is 0 Å². The molecule has 2 N–H and O–H groups in total. The molecule has 3 saturated heterocycles. The zero-order valence-corrected chi connectivity index (χ0v) is 19.9. The molecule has 2 amide bonds. The van der Waals surface area contributed by atoms with Gasteiger partial charge in [-0.2, -0.15) is 0 Å². The molecule has 3 aliphatic heterocycles. The predicted molar refractivity (Wildman–Crippen MR) is 121 cm³/mol. The number of aliphatic carboxylic acids is 1. The fraction of sp³-hybridized carbons (Fsp3) is 0.783. The number of fused-ring (bicyclic) bond motifs is 1. The normalized spacial score (nSPS) is 34.2. The number of aliphatic hydroxyl groups is 1. The fourth-order valence-corrected chi connectivity index (χ4v) is 8.21. The highest BCUT2D eigenvalue weighted by Gasteiger charge is 2.77. The SMILES string of the molecule is C=CCN(C(=O)C1N(CCCCCO)C(=O)[C@@H]2[C@@H](C(=O)O)[C@@]3(C)CCC12S3)C(C)(C)C. The average molecular weight is 453 g/mol. The summed E-state index contributed by atoms with van der Waals surface area (Å²) in [6, 6.07) is -0.672. The Morgan fingerprint density at radius 1 is 1.29 bits per heavy atom. The van der Waals surface area contributed by atoms with E-state index in [1.807, 2.05) is 27.7 Å².